The Morgan fingerprint density at radius 2 is 2.00 bits per heavy atom. The van der Waals surface area contributed by atoms with E-state index in [0.717, 1.165) is 19.4 Å². The Hall–Kier alpha value is -2.55. The van der Waals surface area contributed by atoms with E-state index in [0.29, 0.717) is 25.4 Å². The van der Waals surface area contributed by atoms with E-state index in [9.17, 15) is 14.4 Å². The summed E-state index contributed by atoms with van der Waals surface area (Å²) in [5.41, 5.74) is -0.555. The average Bonchev–Trinajstić information content (AvgIpc) is 3.18. The highest BCUT2D eigenvalue weighted by Crippen LogP contribution is 2.17. The van der Waals surface area contributed by atoms with Gasteiger partial charge in [0.25, 0.3) is 0 Å². The molecule has 0 saturated carbocycles. The molecule has 9 nitrogen and oxygen atoms in total. The molecule has 1 aliphatic heterocycles. The molecule has 2 atom stereocenters. The molecule has 3 amide bonds. The van der Waals surface area contributed by atoms with Gasteiger partial charge in [-0.1, -0.05) is 0 Å². The fourth-order valence-electron chi connectivity index (χ4n) is 3.32. The Bertz CT molecular complexity index is 699. The van der Waals surface area contributed by atoms with Crippen molar-refractivity contribution in [2.24, 2.45) is 5.92 Å². The largest absolute Gasteiger partial charge is 0.467 e. The Morgan fingerprint density at radius 3 is 2.67 bits per heavy atom. The number of carbonyl (C=O) groups is 3. The summed E-state index contributed by atoms with van der Waals surface area (Å²) >= 11 is 0. The molecule has 1 aromatic rings. The fraction of sp³-hybridized carbons (Fsp3) is 0.667. The minimum Gasteiger partial charge on any atom is -0.467 e. The van der Waals surface area contributed by atoms with Crippen LogP contribution in [0.5, 0.6) is 0 Å². The van der Waals surface area contributed by atoms with E-state index in [2.05, 4.69) is 16.0 Å². The maximum absolute atomic E-state index is 12.4. The summed E-state index contributed by atoms with van der Waals surface area (Å²) in [7, 11) is 0. The Morgan fingerprint density at radius 1 is 1.27 bits per heavy atom. The van der Waals surface area contributed by atoms with Gasteiger partial charge in [0, 0.05) is 19.6 Å². The molecule has 0 aliphatic carbocycles. The molecule has 0 spiro atoms. The molecule has 30 heavy (non-hydrogen) atoms. The zero-order valence-corrected chi connectivity index (χ0v) is 18.3. The molecule has 1 aliphatic rings. The second kappa shape index (κ2) is 11.0. The number of alkyl carbamates (subject to hydrolysis) is 1. The van der Waals surface area contributed by atoms with Gasteiger partial charge in [-0.05, 0) is 59.2 Å². The summed E-state index contributed by atoms with van der Waals surface area (Å²) in [4.78, 5) is 38.4. The van der Waals surface area contributed by atoms with Crippen molar-refractivity contribution >= 4 is 17.9 Å². The Kier molecular flexibility index (Phi) is 8.71. The molecule has 2 unspecified atom stereocenters. The summed E-state index contributed by atoms with van der Waals surface area (Å²) in [6.45, 7) is 9.44. The lowest BCUT2D eigenvalue weighted by molar-refractivity contribution is -0.129. The van der Waals surface area contributed by atoms with Gasteiger partial charge in [-0.25, -0.2) is 4.79 Å². The number of nitrogens with zero attached hydrogens (tertiary/aromatic N) is 1. The molecular formula is C21H34N4O5. The average molecular weight is 423 g/mol. The SMILES string of the molecule is CC(NC(=O)CN1CCCC(C(=O)NCCNC(=O)OC(C)(C)C)C1)c1ccco1. The monoisotopic (exact) mass is 422 g/mol. The van der Waals surface area contributed by atoms with Gasteiger partial charge < -0.3 is 25.1 Å². The van der Waals surface area contributed by atoms with E-state index in [1.807, 2.05) is 17.9 Å². The van der Waals surface area contributed by atoms with Gasteiger partial charge in [0.15, 0.2) is 0 Å². The van der Waals surface area contributed by atoms with Gasteiger partial charge in [0.05, 0.1) is 24.8 Å². The van der Waals surface area contributed by atoms with Crippen molar-refractivity contribution in [1.82, 2.24) is 20.9 Å². The van der Waals surface area contributed by atoms with Gasteiger partial charge >= 0.3 is 6.09 Å². The molecule has 9 heteroatoms. The summed E-state index contributed by atoms with van der Waals surface area (Å²) in [5.74, 6) is 0.381. The number of likely N-dealkylation sites (tertiary alicyclic amines) is 1. The number of nitrogens with one attached hydrogen (secondary N) is 3. The van der Waals surface area contributed by atoms with Crippen molar-refractivity contribution in [2.45, 2.75) is 52.2 Å². The van der Waals surface area contributed by atoms with Crippen molar-refractivity contribution in [2.75, 3.05) is 32.7 Å². The van der Waals surface area contributed by atoms with E-state index >= 15 is 0 Å². The number of carbonyl (C=O) groups excluding carboxylic acids is 3. The number of furan rings is 1. The molecule has 2 heterocycles. The van der Waals surface area contributed by atoms with Gasteiger partial charge in [0.2, 0.25) is 11.8 Å². The minimum atomic E-state index is -0.555. The number of amides is 3. The van der Waals surface area contributed by atoms with Crippen LogP contribution in [0.3, 0.4) is 0 Å². The second-order valence-electron chi connectivity index (χ2n) is 8.60. The van der Waals surface area contributed by atoms with Crippen LogP contribution in [0, 0.1) is 5.92 Å². The zero-order chi connectivity index (χ0) is 22.1. The first-order chi connectivity index (χ1) is 14.1. The predicted octanol–water partition coefficient (Wildman–Crippen LogP) is 1.81. The molecule has 0 radical (unpaired) electrons. The highest BCUT2D eigenvalue weighted by Gasteiger charge is 2.27. The fourth-order valence-corrected chi connectivity index (χ4v) is 3.32. The van der Waals surface area contributed by atoms with Crippen LogP contribution < -0.4 is 16.0 Å². The third-order valence-corrected chi connectivity index (χ3v) is 4.68. The van der Waals surface area contributed by atoms with Crippen molar-refractivity contribution < 1.29 is 23.5 Å². The normalized spacial score (nSPS) is 18.3. The summed E-state index contributed by atoms with van der Waals surface area (Å²) < 4.78 is 10.5. The summed E-state index contributed by atoms with van der Waals surface area (Å²) in [6.07, 6.45) is 2.71. The highest BCUT2D eigenvalue weighted by molar-refractivity contribution is 5.80. The summed E-state index contributed by atoms with van der Waals surface area (Å²) in [5, 5.41) is 8.38. The number of piperidine rings is 1. The standard InChI is InChI=1S/C21H34N4O5/c1-15(17-8-6-12-29-17)24-18(26)14-25-11-5-7-16(13-25)19(27)22-9-10-23-20(28)30-21(2,3)4/h6,8,12,15-16H,5,7,9-11,13-14H2,1-4H3,(H,22,27)(H,23,28)(H,24,26). The number of rotatable bonds is 8. The van der Waals surface area contributed by atoms with Crippen molar-refractivity contribution in [3.8, 4) is 0 Å². The minimum absolute atomic E-state index is 0.0601. The molecular weight excluding hydrogens is 388 g/mol. The van der Waals surface area contributed by atoms with E-state index in [1.54, 1.807) is 33.1 Å². The first-order valence-corrected chi connectivity index (χ1v) is 10.4. The van der Waals surface area contributed by atoms with Crippen LogP contribution in [0.15, 0.2) is 22.8 Å². The van der Waals surface area contributed by atoms with Gasteiger partial charge in [-0.2, -0.15) is 0 Å². The molecule has 1 aromatic heterocycles. The molecule has 1 saturated heterocycles. The highest BCUT2D eigenvalue weighted by atomic mass is 16.6. The lowest BCUT2D eigenvalue weighted by atomic mass is 9.97. The maximum Gasteiger partial charge on any atom is 0.407 e. The van der Waals surface area contributed by atoms with Gasteiger partial charge in [0.1, 0.15) is 11.4 Å². The second-order valence-corrected chi connectivity index (χ2v) is 8.60. The molecule has 2 rings (SSSR count). The first-order valence-electron chi connectivity index (χ1n) is 10.4. The van der Waals surface area contributed by atoms with Crippen molar-refractivity contribution in [3.05, 3.63) is 24.2 Å². The molecule has 0 aromatic carbocycles. The zero-order valence-electron chi connectivity index (χ0n) is 18.3. The molecule has 168 valence electrons. The smallest absolute Gasteiger partial charge is 0.407 e. The van der Waals surface area contributed by atoms with Crippen LogP contribution in [0.4, 0.5) is 4.79 Å². The van der Waals surface area contributed by atoms with Gasteiger partial charge in [-0.15, -0.1) is 0 Å². The van der Waals surface area contributed by atoms with Crippen LogP contribution >= 0.6 is 0 Å². The quantitative estimate of drug-likeness (QED) is 0.551. The predicted molar refractivity (Wildman–Crippen MR) is 112 cm³/mol. The van der Waals surface area contributed by atoms with E-state index in [-0.39, 0.29) is 30.3 Å². The number of hydrogen-bond acceptors (Lipinski definition) is 6. The number of ether oxygens (including phenoxy) is 1. The van der Waals surface area contributed by atoms with Crippen LogP contribution in [-0.2, 0) is 14.3 Å². The molecule has 0 bridgehead atoms. The summed E-state index contributed by atoms with van der Waals surface area (Å²) in [6, 6.07) is 3.41. The Labute approximate surface area is 177 Å². The molecule has 3 N–H and O–H groups in total. The van der Waals surface area contributed by atoms with Crippen molar-refractivity contribution in [1.29, 1.82) is 0 Å². The lowest BCUT2D eigenvalue weighted by Crippen LogP contribution is -2.47. The van der Waals surface area contributed by atoms with Crippen LogP contribution in [0.2, 0.25) is 0 Å². The lowest BCUT2D eigenvalue weighted by Gasteiger charge is -2.31. The van der Waals surface area contributed by atoms with Crippen LogP contribution in [0.25, 0.3) is 0 Å². The van der Waals surface area contributed by atoms with E-state index in [4.69, 9.17) is 9.15 Å². The third kappa shape index (κ3) is 8.44. The van der Waals surface area contributed by atoms with Crippen molar-refractivity contribution in [3.63, 3.8) is 0 Å². The first kappa shape index (κ1) is 23.7. The number of hydrogen-bond donors (Lipinski definition) is 3. The Balaban J connectivity index is 1.67. The maximum atomic E-state index is 12.4. The topological polar surface area (TPSA) is 113 Å². The molecule has 1 fully saturated rings. The van der Waals surface area contributed by atoms with Crippen LogP contribution in [0.1, 0.15) is 52.3 Å². The van der Waals surface area contributed by atoms with E-state index in [1.165, 1.54) is 0 Å². The third-order valence-electron chi connectivity index (χ3n) is 4.68. The van der Waals surface area contributed by atoms with Gasteiger partial charge in [-0.3, -0.25) is 14.5 Å². The van der Waals surface area contributed by atoms with Crippen LogP contribution in [-0.4, -0.2) is 61.1 Å². The van der Waals surface area contributed by atoms with E-state index < -0.39 is 11.7 Å².